The summed E-state index contributed by atoms with van der Waals surface area (Å²) in [6.45, 7) is 3.83. The number of thiocarbonyl (C=S) groups is 1. The highest BCUT2D eigenvalue weighted by atomic mass is 32.1. The zero-order valence-electron chi connectivity index (χ0n) is 16.1. The van der Waals surface area contributed by atoms with Gasteiger partial charge in [-0.3, -0.25) is 19.8 Å². The number of hydrogen-bond donors (Lipinski definition) is 1. The first-order chi connectivity index (χ1) is 13.8. The fraction of sp³-hybridized carbons (Fsp3) is 0.143. The topological polar surface area (TPSA) is 57.6 Å². The second kappa shape index (κ2) is 8.50. The Kier molecular flexibility index (Phi) is 6.05. The fourth-order valence-corrected chi connectivity index (χ4v) is 3.42. The monoisotopic (exact) mass is 424 g/mol. The Morgan fingerprint density at radius 2 is 1.83 bits per heavy atom. The molecule has 2 aromatic rings. The predicted octanol–water partition coefficient (Wildman–Crippen LogP) is 3.09. The van der Waals surface area contributed by atoms with E-state index >= 15 is 0 Å². The van der Waals surface area contributed by atoms with E-state index in [4.69, 9.17) is 24.4 Å². The minimum Gasteiger partial charge on any atom is -0.378 e. The van der Waals surface area contributed by atoms with Gasteiger partial charge in [0.1, 0.15) is 10.2 Å². The van der Waals surface area contributed by atoms with Crippen molar-refractivity contribution in [1.82, 2.24) is 14.8 Å². The van der Waals surface area contributed by atoms with E-state index in [1.165, 1.54) is 11.0 Å². The van der Waals surface area contributed by atoms with Gasteiger partial charge in [0.25, 0.3) is 11.8 Å². The number of nitrogens with zero attached hydrogens (tertiary/aromatic N) is 3. The first-order valence-electron chi connectivity index (χ1n) is 8.82. The molecule has 0 radical (unpaired) electrons. The molecule has 0 unspecified atom stereocenters. The molecule has 2 heterocycles. The third-order valence-electron chi connectivity index (χ3n) is 4.42. The minimum atomic E-state index is -0.541. The Hall–Kier alpha value is -3.10. The number of aromatic nitrogens is 1. The van der Waals surface area contributed by atoms with E-state index in [2.05, 4.69) is 11.9 Å². The Labute approximate surface area is 179 Å². The normalized spacial score (nSPS) is 15.4. The summed E-state index contributed by atoms with van der Waals surface area (Å²) >= 11 is 10.7. The van der Waals surface area contributed by atoms with Gasteiger partial charge < -0.3 is 9.47 Å². The summed E-state index contributed by atoms with van der Waals surface area (Å²) in [5.41, 5.74) is 2.52. The van der Waals surface area contributed by atoms with E-state index in [0.29, 0.717) is 10.2 Å². The number of carbonyl (C=O) groups is 2. The number of pyridine rings is 1. The van der Waals surface area contributed by atoms with Crippen LogP contribution in [0.15, 0.2) is 60.8 Å². The standard InChI is InChI=1S/C21H20N4O2S2/c1-4-11-25-19(27)17(18(26)22-21(25)29)13-14-6-5-12-24(20(14)28)16-9-7-15(8-10-16)23(2)3/h4-10,12-13H,1,11H2,2-3H3,(H,22,26,29). The van der Waals surface area contributed by atoms with Crippen LogP contribution in [0.4, 0.5) is 5.69 Å². The van der Waals surface area contributed by atoms with E-state index in [9.17, 15) is 9.59 Å². The van der Waals surface area contributed by atoms with Crippen LogP contribution in [0.25, 0.3) is 11.8 Å². The van der Waals surface area contributed by atoms with E-state index in [1.54, 1.807) is 12.1 Å². The third kappa shape index (κ3) is 4.18. The number of amides is 2. The highest BCUT2D eigenvalue weighted by molar-refractivity contribution is 7.80. The van der Waals surface area contributed by atoms with Crippen LogP contribution in [0.1, 0.15) is 5.56 Å². The zero-order chi connectivity index (χ0) is 21.1. The molecule has 0 bridgehead atoms. The Balaban J connectivity index is 2.02. The maximum Gasteiger partial charge on any atom is 0.265 e. The van der Waals surface area contributed by atoms with Crippen LogP contribution in [0, 0.1) is 4.64 Å². The summed E-state index contributed by atoms with van der Waals surface area (Å²) in [5, 5.41) is 2.60. The fourth-order valence-electron chi connectivity index (χ4n) is 2.88. The van der Waals surface area contributed by atoms with Crippen molar-refractivity contribution in [2.75, 3.05) is 25.5 Å². The summed E-state index contributed by atoms with van der Waals surface area (Å²) in [6.07, 6.45) is 4.89. The molecule has 1 fully saturated rings. The average Bonchev–Trinajstić information content (AvgIpc) is 2.69. The van der Waals surface area contributed by atoms with Gasteiger partial charge in [-0.25, -0.2) is 0 Å². The third-order valence-corrected chi connectivity index (χ3v) is 5.17. The molecule has 8 heteroatoms. The first kappa shape index (κ1) is 20.6. The second-order valence-corrected chi connectivity index (χ2v) is 7.34. The molecule has 2 amide bonds. The Morgan fingerprint density at radius 1 is 1.14 bits per heavy atom. The second-order valence-electron chi connectivity index (χ2n) is 6.57. The lowest BCUT2D eigenvalue weighted by molar-refractivity contribution is -0.128. The van der Waals surface area contributed by atoms with Crippen LogP contribution < -0.4 is 10.2 Å². The number of rotatable bonds is 5. The molecule has 0 atom stereocenters. The quantitative estimate of drug-likeness (QED) is 0.346. The molecule has 1 aromatic carbocycles. The van der Waals surface area contributed by atoms with Crippen molar-refractivity contribution in [2.24, 2.45) is 0 Å². The number of benzene rings is 1. The van der Waals surface area contributed by atoms with Crippen LogP contribution in [0.5, 0.6) is 0 Å². The van der Waals surface area contributed by atoms with Crippen molar-refractivity contribution < 1.29 is 9.59 Å². The van der Waals surface area contributed by atoms with E-state index in [1.807, 2.05) is 60.1 Å². The van der Waals surface area contributed by atoms with Crippen LogP contribution in [-0.4, -0.2) is 47.0 Å². The molecule has 6 nitrogen and oxygen atoms in total. The van der Waals surface area contributed by atoms with Crippen LogP contribution in [-0.2, 0) is 9.59 Å². The molecule has 1 aromatic heterocycles. The van der Waals surface area contributed by atoms with Crippen molar-refractivity contribution in [1.29, 1.82) is 0 Å². The van der Waals surface area contributed by atoms with Gasteiger partial charge in [0.15, 0.2) is 5.11 Å². The van der Waals surface area contributed by atoms with Crippen molar-refractivity contribution in [2.45, 2.75) is 0 Å². The Bertz CT molecular complexity index is 1080. The van der Waals surface area contributed by atoms with Crippen LogP contribution >= 0.6 is 24.4 Å². The molecule has 148 valence electrons. The van der Waals surface area contributed by atoms with Gasteiger partial charge in [0, 0.05) is 43.8 Å². The summed E-state index contributed by atoms with van der Waals surface area (Å²) in [4.78, 5) is 28.4. The summed E-state index contributed by atoms with van der Waals surface area (Å²) < 4.78 is 2.32. The van der Waals surface area contributed by atoms with Crippen LogP contribution in [0.2, 0.25) is 0 Å². The predicted molar refractivity (Wildman–Crippen MR) is 122 cm³/mol. The lowest BCUT2D eigenvalue weighted by Gasteiger charge is -2.27. The molecule has 3 rings (SSSR count). The van der Waals surface area contributed by atoms with Gasteiger partial charge >= 0.3 is 0 Å². The van der Waals surface area contributed by atoms with Gasteiger partial charge in [-0.2, -0.15) is 0 Å². The summed E-state index contributed by atoms with van der Waals surface area (Å²) in [7, 11) is 3.95. The zero-order valence-corrected chi connectivity index (χ0v) is 17.7. The molecule has 1 saturated heterocycles. The van der Waals surface area contributed by atoms with Gasteiger partial charge in [0.2, 0.25) is 0 Å². The molecule has 0 saturated carbocycles. The van der Waals surface area contributed by atoms with Crippen molar-refractivity contribution in [3.8, 4) is 5.69 Å². The minimum absolute atomic E-state index is 0.0211. The smallest absolute Gasteiger partial charge is 0.265 e. The molecule has 1 N–H and O–H groups in total. The number of anilines is 1. The number of nitrogens with one attached hydrogen (secondary N) is 1. The molecular weight excluding hydrogens is 404 g/mol. The van der Waals surface area contributed by atoms with E-state index in [0.717, 1.165) is 11.4 Å². The van der Waals surface area contributed by atoms with Gasteiger partial charge in [-0.1, -0.05) is 24.4 Å². The molecular formula is C21H20N4O2S2. The number of hydrogen-bond acceptors (Lipinski definition) is 5. The molecule has 1 aliphatic heterocycles. The van der Waals surface area contributed by atoms with Gasteiger partial charge in [-0.05, 0) is 48.6 Å². The van der Waals surface area contributed by atoms with Crippen LogP contribution in [0.3, 0.4) is 0 Å². The van der Waals surface area contributed by atoms with Gasteiger partial charge in [-0.15, -0.1) is 6.58 Å². The van der Waals surface area contributed by atoms with Crippen molar-refractivity contribution in [3.63, 3.8) is 0 Å². The average molecular weight is 425 g/mol. The largest absolute Gasteiger partial charge is 0.378 e. The lowest BCUT2D eigenvalue weighted by Crippen LogP contribution is -2.53. The maximum absolute atomic E-state index is 12.7. The van der Waals surface area contributed by atoms with E-state index in [-0.39, 0.29) is 17.2 Å². The SMILES string of the molecule is C=CCN1C(=O)C(=Cc2cccn(-c3ccc(N(C)C)cc3)c2=S)C(=O)NC1=S. The lowest BCUT2D eigenvalue weighted by atomic mass is 10.1. The molecule has 1 aliphatic rings. The summed E-state index contributed by atoms with van der Waals surface area (Å²) in [5.74, 6) is -1.01. The highest BCUT2D eigenvalue weighted by Crippen LogP contribution is 2.20. The van der Waals surface area contributed by atoms with Gasteiger partial charge in [0.05, 0.1) is 0 Å². The van der Waals surface area contributed by atoms with E-state index < -0.39 is 11.8 Å². The molecule has 0 aliphatic carbocycles. The molecule has 0 spiro atoms. The Morgan fingerprint density at radius 3 is 2.45 bits per heavy atom. The maximum atomic E-state index is 12.7. The van der Waals surface area contributed by atoms with Crippen molar-refractivity contribution in [3.05, 3.63) is 71.0 Å². The number of carbonyl (C=O) groups excluding carboxylic acids is 2. The summed E-state index contributed by atoms with van der Waals surface area (Å²) in [6, 6.07) is 11.5. The first-order valence-corrected chi connectivity index (χ1v) is 9.64. The highest BCUT2D eigenvalue weighted by Gasteiger charge is 2.32. The van der Waals surface area contributed by atoms with Crippen molar-refractivity contribution >= 4 is 53.1 Å². The molecule has 29 heavy (non-hydrogen) atoms.